The lowest BCUT2D eigenvalue weighted by Gasteiger charge is -2.18. The molecule has 0 aliphatic heterocycles. The number of halogens is 2. The van der Waals surface area contributed by atoms with Gasteiger partial charge in [-0.15, -0.1) is 0 Å². The van der Waals surface area contributed by atoms with Crippen LogP contribution in [0.2, 0.25) is 0 Å². The quantitative estimate of drug-likeness (QED) is 0.677. The Bertz CT molecular complexity index is 542. The van der Waals surface area contributed by atoms with Crippen molar-refractivity contribution in [3.05, 3.63) is 63.6 Å². The molecule has 1 aromatic carbocycles. The number of benzene rings is 1. The van der Waals surface area contributed by atoms with Crippen LogP contribution in [0.15, 0.2) is 41.0 Å². The highest BCUT2D eigenvalue weighted by Gasteiger charge is 2.16. The first kappa shape index (κ1) is 13.1. The minimum atomic E-state index is -0.254. The molecule has 2 rings (SSSR count). The van der Waals surface area contributed by atoms with E-state index in [0.29, 0.717) is 0 Å². The lowest BCUT2D eigenvalue weighted by Crippen LogP contribution is -2.30. The van der Waals surface area contributed by atoms with E-state index >= 15 is 0 Å². The first-order valence-electron chi connectivity index (χ1n) is 5.45. The third-order valence-electron chi connectivity index (χ3n) is 2.76. The van der Waals surface area contributed by atoms with Gasteiger partial charge in [0.2, 0.25) is 0 Å². The van der Waals surface area contributed by atoms with E-state index in [9.17, 15) is 4.39 Å². The maximum atomic E-state index is 13.1. The predicted molar refractivity (Wildman–Crippen MR) is 72.2 cm³/mol. The lowest BCUT2D eigenvalue weighted by atomic mass is 9.99. The maximum Gasteiger partial charge on any atom is 0.123 e. The molecule has 1 heterocycles. The van der Waals surface area contributed by atoms with Gasteiger partial charge in [-0.25, -0.2) is 9.82 Å². The number of aromatic nitrogens is 1. The number of hydrogen-bond acceptors (Lipinski definition) is 3. The van der Waals surface area contributed by atoms with Crippen LogP contribution in [-0.4, -0.2) is 4.98 Å². The van der Waals surface area contributed by atoms with Gasteiger partial charge in [0.15, 0.2) is 0 Å². The average molecular weight is 310 g/mol. The summed E-state index contributed by atoms with van der Waals surface area (Å²) in [6, 6.07) is 8.14. The van der Waals surface area contributed by atoms with Crippen molar-refractivity contribution < 1.29 is 4.39 Å². The molecule has 0 bridgehead atoms. The van der Waals surface area contributed by atoms with E-state index in [2.05, 4.69) is 26.3 Å². The van der Waals surface area contributed by atoms with Gasteiger partial charge >= 0.3 is 0 Å². The van der Waals surface area contributed by atoms with E-state index in [-0.39, 0.29) is 11.9 Å². The second-order valence-electron chi connectivity index (χ2n) is 4.00. The maximum absolute atomic E-state index is 13.1. The van der Waals surface area contributed by atoms with Crippen LogP contribution in [0, 0.1) is 12.7 Å². The fourth-order valence-electron chi connectivity index (χ4n) is 1.86. The van der Waals surface area contributed by atoms with Gasteiger partial charge < -0.3 is 0 Å². The van der Waals surface area contributed by atoms with Crippen molar-refractivity contribution in [2.45, 2.75) is 13.0 Å². The van der Waals surface area contributed by atoms with Gasteiger partial charge in [0.1, 0.15) is 5.82 Å². The standard InChI is InChI=1S/C13H13BrFN3/c1-8-6-10(15)3-4-11(8)13(18-16)12-5-2-9(14)7-17-12/h2-7,13,18H,16H2,1H3. The normalized spacial score (nSPS) is 12.4. The minimum absolute atomic E-state index is 0.251. The highest BCUT2D eigenvalue weighted by Crippen LogP contribution is 2.24. The number of nitrogens with zero attached hydrogens (tertiary/aromatic N) is 1. The Balaban J connectivity index is 2.41. The molecule has 0 saturated carbocycles. The van der Waals surface area contributed by atoms with Crippen LogP contribution >= 0.6 is 15.9 Å². The Morgan fingerprint density at radius 1 is 1.33 bits per heavy atom. The van der Waals surface area contributed by atoms with Gasteiger partial charge in [-0.3, -0.25) is 10.8 Å². The smallest absolute Gasteiger partial charge is 0.123 e. The zero-order valence-electron chi connectivity index (χ0n) is 9.82. The van der Waals surface area contributed by atoms with Crippen LogP contribution in [0.4, 0.5) is 4.39 Å². The summed E-state index contributed by atoms with van der Waals surface area (Å²) in [5.41, 5.74) is 5.25. The Kier molecular flexibility index (Phi) is 4.06. The van der Waals surface area contributed by atoms with Gasteiger partial charge in [0.05, 0.1) is 11.7 Å². The Morgan fingerprint density at radius 2 is 2.11 bits per heavy atom. The zero-order valence-corrected chi connectivity index (χ0v) is 11.4. The molecule has 1 atom stereocenters. The monoisotopic (exact) mass is 309 g/mol. The third-order valence-corrected chi connectivity index (χ3v) is 3.22. The Labute approximate surface area is 113 Å². The first-order chi connectivity index (χ1) is 8.61. The van der Waals surface area contributed by atoms with E-state index in [1.165, 1.54) is 12.1 Å². The molecule has 0 spiro atoms. The molecular formula is C13H13BrFN3. The summed E-state index contributed by atoms with van der Waals surface area (Å²) in [6.45, 7) is 1.85. The second-order valence-corrected chi connectivity index (χ2v) is 4.92. The van der Waals surface area contributed by atoms with Crippen LogP contribution in [0.5, 0.6) is 0 Å². The first-order valence-corrected chi connectivity index (χ1v) is 6.24. The summed E-state index contributed by atoms with van der Waals surface area (Å²) in [4.78, 5) is 4.31. The number of pyridine rings is 1. The van der Waals surface area contributed by atoms with Gasteiger partial charge in [0, 0.05) is 10.7 Å². The highest BCUT2D eigenvalue weighted by molar-refractivity contribution is 9.10. The predicted octanol–water partition coefficient (Wildman–Crippen LogP) is 2.84. The van der Waals surface area contributed by atoms with E-state index in [4.69, 9.17) is 5.84 Å². The summed E-state index contributed by atoms with van der Waals surface area (Å²) < 4.78 is 14.0. The largest absolute Gasteiger partial charge is 0.271 e. The van der Waals surface area contributed by atoms with Crippen molar-refractivity contribution in [3.8, 4) is 0 Å². The van der Waals surface area contributed by atoms with Crippen molar-refractivity contribution in [1.29, 1.82) is 0 Å². The molecule has 94 valence electrons. The van der Waals surface area contributed by atoms with Crippen LogP contribution in [0.1, 0.15) is 22.9 Å². The molecule has 0 amide bonds. The van der Waals surface area contributed by atoms with Crippen LogP contribution in [-0.2, 0) is 0 Å². The number of aryl methyl sites for hydroxylation is 1. The van der Waals surface area contributed by atoms with Gasteiger partial charge in [0.25, 0.3) is 0 Å². The molecular weight excluding hydrogens is 297 g/mol. The Morgan fingerprint density at radius 3 is 2.67 bits per heavy atom. The molecule has 0 aliphatic carbocycles. The SMILES string of the molecule is Cc1cc(F)ccc1C(NN)c1ccc(Br)cn1. The van der Waals surface area contributed by atoms with Crippen molar-refractivity contribution in [1.82, 2.24) is 10.4 Å². The summed E-state index contributed by atoms with van der Waals surface area (Å²) in [7, 11) is 0. The van der Waals surface area contributed by atoms with Gasteiger partial charge in [-0.05, 0) is 58.2 Å². The molecule has 3 N–H and O–H groups in total. The average Bonchev–Trinajstić information content (AvgIpc) is 2.35. The topological polar surface area (TPSA) is 50.9 Å². The number of rotatable bonds is 3. The molecule has 0 radical (unpaired) electrons. The van der Waals surface area contributed by atoms with Crippen LogP contribution < -0.4 is 11.3 Å². The van der Waals surface area contributed by atoms with Gasteiger partial charge in [-0.2, -0.15) is 0 Å². The molecule has 3 nitrogen and oxygen atoms in total. The van der Waals surface area contributed by atoms with Crippen LogP contribution in [0.3, 0.4) is 0 Å². The summed E-state index contributed by atoms with van der Waals surface area (Å²) in [5.74, 6) is 5.33. The van der Waals surface area contributed by atoms with Crippen molar-refractivity contribution in [2.75, 3.05) is 0 Å². The number of nitrogens with one attached hydrogen (secondary N) is 1. The molecule has 0 fully saturated rings. The molecule has 0 saturated heterocycles. The number of hydrogen-bond donors (Lipinski definition) is 2. The minimum Gasteiger partial charge on any atom is -0.271 e. The molecule has 1 unspecified atom stereocenters. The summed E-state index contributed by atoms with van der Waals surface area (Å²) >= 11 is 3.33. The Hall–Kier alpha value is -1.30. The number of nitrogens with two attached hydrogens (primary N) is 1. The molecule has 1 aromatic heterocycles. The van der Waals surface area contributed by atoms with E-state index in [1.54, 1.807) is 12.3 Å². The molecule has 5 heteroatoms. The van der Waals surface area contributed by atoms with Gasteiger partial charge in [-0.1, -0.05) is 6.07 Å². The van der Waals surface area contributed by atoms with E-state index in [1.807, 2.05) is 19.1 Å². The van der Waals surface area contributed by atoms with E-state index in [0.717, 1.165) is 21.3 Å². The molecule has 18 heavy (non-hydrogen) atoms. The van der Waals surface area contributed by atoms with Crippen molar-refractivity contribution in [3.63, 3.8) is 0 Å². The van der Waals surface area contributed by atoms with Crippen molar-refractivity contribution >= 4 is 15.9 Å². The van der Waals surface area contributed by atoms with E-state index < -0.39 is 0 Å². The summed E-state index contributed by atoms with van der Waals surface area (Å²) in [5, 5.41) is 0. The second kappa shape index (κ2) is 5.56. The fraction of sp³-hybridized carbons (Fsp3) is 0.154. The molecule has 0 aliphatic rings. The fourth-order valence-corrected chi connectivity index (χ4v) is 2.09. The summed E-state index contributed by atoms with van der Waals surface area (Å²) in [6.07, 6.45) is 1.71. The molecule has 2 aromatic rings. The highest BCUT2D eigenvalue weighted by atomic mass is 79.9. The zero-order chi connectivity index (χ0) is 13.1. The lowest BCUT2D eigenvalue weighted by molar-refractivity contribution is 0.604. The van der Waals surface area contributed by atoms with Crippen LogP contribution in [0.25, 0.3) is 0 Å². The van der Waals surface area contributed by atoms with Crippen molar-refractivity contribution in [2.24, 2.45) is 5.84 Å². The third kappa shape index (κ3) is 2.75. The number of hydrazine groups is 1.